The molecule has 1 atom stereocenters. The van der Waals surface area contributed by atoms with Crippen molar-refractivity contribution in [2.45, 2.75) is 38.6 Å². The molecule has 0 fully saturated rings. The lowest BCUT2D eigenvalue weighted by Crippen LogP contribution is -2.29. The second-order valence-corrected chi connectivity index (χ2v) is 12.1. The highest BCUT2D eigenvalue weighted by atomic mass is 32.2. The van der Waals surface area contributed by atoms with Crippen LogP contribution in [0.2, 0.25) is 0 Å². The van der Waals surface area contributed by atoms with Crippen LogP contribution in [0, 0.1) is 17.2 Å². The zero-order chi connectivity index (χ0) is 23.8. The van der Waals surface area contributed by atoms with E-state index in [1.165, 1.54) is 32.3 Å². The summed E-state index contributed by atoms with van der Waals surface area (Å²) in [6, 6.07) is 8.09. The van der Waals surface area contributed by atoms with E-state index in [9.17, 15) is 18.4 Å². The number of nitrogens with one attached hydrogen (secondary N) is 3. The number of hydrogen-bond acceptors (Lipinski definition) is 8. The highest BCUT2D eigenvalue weighted by molar-refractivity contribution is 7.89. The largest absolute Gasteiger partial charge is 0.504 e. The van der Waals surface area contributed by atoms with Crippen LogP contribution in [0.4, 0.5) is 17.3 Å². The van der Waals surface area contributed by atoms with Crippen LogP contribution in [0.3, 0.4) is 0 Å². The average molecular weight is 483 g/mol. The van der Waals surface area contributed by atoms with Gasteiger partial charge in [-0.2, -0.15) is 0 Å². The molecule has 0 radical (unpaired) electrons. The lowest BCUT2D eigenvalue weighted by molar-refractivity contribution is -0.701. The smallest absolute Gasteiger partial charge is 0.367 e. The molecule has 0 saturated carbocycles. The van der Waals surface area contributed by atoms with Crippen molar-refractivity contribution >= 4 is 38.7 Å². The molecule has 0 aliphatic rings. The summed E-state index contributed by atoms with van der Waals surface area (Å²) < 4.78 is 31.2. The van der Waals surface area contributed by atoms with Crippen molar-refractivity contribution in [3.8, 4) is 5.75 Å². The van der Waals surface area contributed by atoms with Crippen LogP contribution in [0.5, 0.6) is 5.75 Å². The molecule has 10 nitrogen and oxygen atoms in total. The fourth-order valence-electron chi connectivity index (χ4n) is 3.10. The first-order chi connectivity index (χ1) is 14.8. The standard InChI is InChI=1S/C20H27N5O5S2/c1-12-10-11-14(31-12)17(20(2,3)4)22-19-18(23-30-25(19)27)21-13-8-7-9-15(16(13)26)32(28,29)24(5)6/h7-11,17,22H,1-6H3,(H2-,21,23,26,27)/p+1/t17-/m0/s1. The molecular weight excluding hydrogens is 454 g/mol. The number of anilines is 3. The van der Waals surface area contributed by atoms with E-state index >= 15 is 0 Å². The predicted molar refractivity (Wildman–Crippen MR) is 124 cm³/mol. The quantitative estimate of drug-likeness (QED) is 0.377. The molecule has 2 aromatic heterocycles. The van der Waals surface area contributed by atoms with E-state index < -0.39 is 15.8 Å². The second-order valence-electron chi connectivity index (χ2n) is 8.63. The number of aryl methyl sites for hydroxylation is 1. The van der Waals surface area contributed by atoms with Crippen LogP contribution in [-0.2, 0) is 10.0 Å². The Kier molecular flexibility index (Phi) is 6.40. The normalized spacial score (nSPS) is 13.3. The maximum Gasteiger partial charge on any atom is 0.367 e. The van der Waals surface area contributed by atoms with Crippen LogP contribution < -0.4 is 15.2 Å². The van der Waals surface area contributed by atoms with E-state index in [1.807, 2.05) is 39.8 Å². The molecular formula is C20H28N5O5S2+. The van der Waals surface area contributed by atoms with Gasteiger partial charge >= 0.3 is 5.82 Å². The van der Waals surface area contributed by atoms with E-state index in [-0.39, 0.29) is 33.7 Å². The minimum Gasteiger partial charge on any atom is -0.504 e. The summed E-state index contributed by atoms with van der Waals surface area (Å²) in [4.78, 5) is 14.3. The Hall–Kier alpha value is -2.83. The predicted octanol–water partition coefficient (Wildman–Crippen LogP) is 3.79. The number of nitrogens with zero attached hydrogens (tertiary/aromatic N) is 2. The third kappa shape index (κ3) is 4.66. The summed E-state index contributed by atoms with van der Waals surface area (Å²) in [7, 11) is -1.12. The Morgan fingerprint density at radius 2 is 1.91 bits per heavy atom. The van der Waals surface area contributed by atoms with Crippen molar-refractivity contribution in [1.29, 1.82) is 0 Å². The molecule has 0 saturated heterocycles. The molecule has 2 heterocycles. The fraction of sp³-hybridized carbons (Fsp3) is 0.400. The minimum atomic E-state index is -3.87. The molecule has 0 spiro atoms. The Morgan fingerprint density at radius 3 is 2.47 bits per heavy atom. The zero-order valence-electron chi connectivity index (χ0n) is 18.8. The van der Waals surface area contributed by atoms with Gasteiger partial charge in [-0.15, -0.1) is 16.0 Å². The summed E-state index contributed by atoms with van der Waals surface area (Å²) in [5.74, 6) is -0.270. The van der Waals surface area contributed by atoms with Crippen LogP contribution in [0.1, 0.15) is 36.6 Å². The average Bonchev–Trinajstić information content (AvgIpc) is 3.26. The van der Waals surface area contributed by atoms with Gasteiger partial charge < -0.3 is 10.4 Å². The first-order valence-electron chi connectivity index (χ1n) is 9.81. The van der Waals surface area contributed by atoms with Gasteiger partial charge in [0.25, 0.3) is 5.82 Å². The molecule has 3 aromatic rings. The Labute approximate surface area is 190 Å². The third-order valence-electron chi connectivity index (χ3n) is 4.86. The van der Waals surface area contributed by atoms with Gasteiger partial charge in [0.1, 0.15) is 10.9 Å². The molecule has 1 aromatic carbocycles. The number of phenols is 1. The van der Waals surface area contributed by atoms with Gasteiger partial charge in [-0.05, 0) is 36.1 Å². The Bertz CT molecular complexity index is 1270. The number of para-hydroxylation sites is 1. The summed E-state index contributed by atoms with van der Waals surface area (Å²) in [6.45, 7) is 8.16. The molecule has 0 unspecified atom stereocenters. The summed E-state index contributed by atoms with van der Waals surface area (Å²) in [5, 5.41) is 19.2. The van der Waals surface area contributed by atoms with Crippen LogP contribution >= 0.6 is 11.3 Å². The van der Waals surface area contributed by atoms with Gasteiger partial charge in [0.05, 0.1) is 5.69 Å². The zero-order valence-corrected chi connectivity index (χ0v) is 20.4. The first kappa shape index (κ1) is 23.8. The van der Waals surface area contributed by atoms with E-state index in [1.54, 1.807) is 11.3 Å². The van der Waals surface area contributed by atoms with Gasteiger partial charge in [0, 0.05) is 29.3 Å². The van der Waals surface area contributed by atoms with E-state index in [2.05, 4.69) is 15.8 Å². The summed E-state index contributed by atoms with van der Waals surface area (Å²) in [5.41, 5.74) is -0.159. The van der Waals surface area contributed by atoms with Crippen LogP contribution in [0.15, 0.2) is 39.9 Å². The number of sulfonamides is 1. The van der Waals surface area contributed by atoms with Gasteiger partial charge in [-0.25, -0.2) is 12.7 Å². The highest BCUT2D eigenvalue weighted by Gasteiger charge is 2.34. The monoisotopic (exact) mass is 482 g/mol. The molecule has 174 valence electrons. The number of benzene rings is 1. The summed E-state index contributed by atoms with van der Waals surface area (Å²) in [6.07, 6.45) is 0. The topological polar surface area (TPSA) is 134 Å². The number of hydrogen-bond donors (Lipinski definition) is 4. The molecule has 32 heavy (non-hydrogen) atoms. The molecule has 0 amide bonds. The van der Waals surface area contributed by atoms with Crippen LogP contribution in [-0.4, -0.2) is 37.1 Å². The number of phenolic OH excluding ortho intramolecular Hbond substituents is 1. The molecule has 12 heteroatoms. The number of aromatic hydroxyl groups is 1. The maximum absolute atomic E-state index is 12.5. The van der Waals surface area contributed by atoms with Gasteiger partial charge in [0.15, 0.2) is 10.3 Å². The van der Waals surface area contributed by atoms with Crippen molar-refractivity contribution in [1.82, 2.24) is 9.46 Å². The van der Waals surface area contributed by atoms with Crippen molar-refractivity contribution < 1.29 is 22.8 Å². The molecule has 0 bridgehead atoms. The van der Waals surface area contributed by atoms with Crippen molar-refractivity contribution in [3.63, 3.8) is 0 Å². The van der Waals surface area contributed by atoms with Gasteiger partial charge in [-0.3, -0.25) is 5.32 Å². The van der Waals surface area contributed by atoms with E-state index in [4.69, 9.17) is 4.63 Å². The molecule has 0 aliphatic heterocycles. The third-order valence-corrected chi connectivity index (χ3v) is 7.77. The van der Waals surface area contributed by atoms with Crippen molar-refractivity contribution in [2.24, 2.45) is 5.41 Å². The fourth-order valence-corrected chi connectivity index (χ4v) is 5.28. The molecule has 3 rings (SSSR count). The Balaban J connectivity index is 1.99. The number of thiophene rings is 1. The Morgan fingerprint density at radius 1 is 1.22 bits per heavy atom. The van der Waals surface area contributed by atoms with E-state index in [0.717, 1.165) is 14.1 Å². The van der Waals surface area contributed by atoms with Gasteiger partial charge in [0.2, 0.25) is 10.0 Å². The second kappa shape index (κ2) is 8.60. The van der Waals surface area contributed by atoms with Crippen molar-refractivity contribution in [3.05, 3.63) is 45.0 Å². The minimum absolute atomic E-state index is 0.0660. The number of aromatic amines is 1. The summed E-state index contributed by atoms with van der Waals surface area (Å²) >= 11 is 1.62. The van der Waals surface area contributed by atoms with Crippen LogP contribution in [0.25, 0.3) is 0 Å². The first-order valence-corrected chi connectivity index (χ1v) is 12.1. The lowest BCUT2D eigenvalue weighted by atomic mass is 9.86. The number of H-pyrrole nitrogens is 1. The van der Waals surface area contributed by atoms with Crippen molar-refractivity contribution in [2.75, 3.05) is 24.7 Å². The molecule has 0 aliphatic carbocycles. The SMILES string of the molecule is Cc1ccc([C@H](Nc2c(Nc3cccc(S(=O)(=O)N(C)C)c3O)[nH]o[n+]2=O)C(C)(C)C)s1. The maximum atomic E-state index is 12.5. The lowest BCUT2D eigenvalue weighted by Gasteiger charge is -2.27. The molecule has 4 N–H and O–H groups in total. The van der Waals surface area contributed by atoms with Gasteiger partial charge in [-0.1, -0.05) is 32.0 Å². The number of aromatic nitrogens is 2. The highest BCUT2D eigenvalue weighted by Crippen LogP contribution is 2.40. The van der Waals surface area contributed by atoms with E-state index in [0.29, 0.717) is 4.60 Å². The number of rotatable bonds is 7.